The third kappa shape index (κ3) is 3.34. The highest BCUT2D eigenvalue weighted by molar-refractivity contribution is 7.94. The second-order valence-corrected chi connectivity index (χ2v) is 6.87. The Morgan fingerprint density at radius 3 is 2.38 bits per heavy atom. The summed E-state index contributed by atoms with van der Waals surface area (Å²) in [5.74, 6) is 0. The number of rotatable bonds is 3. The van der Waals surface area contributed by atoms with Crippen molar-refractivity contribution < 1.29 is 21.6 Å². The van der Waals surface area contributed by atoms with E-state index < -0.39 is 27.5 Å². The van der Waals surface area contributed by atoms with Crippen molar-refractivity contribution in [2.75, 3.05) is 4.72 Å². The maximum Gasteiger partial charge on any atom is 0.418 e. The Bertz CT molecular complexity index is 804. The molecule has 1 N–H and O–H groups in total. The highest BCUT2D eigenvalue weighted by Gasteiger charge is 2.34. The van der Waals surface area contributed by atoms with E-state index in [0.29, 0.717) is 11.3 Å². The summed E-state index contributed by atoms with van der Waals surface area (Å²) in [5, 5.41) is 8.65. The first kappa shape index (κ1) is 15.3. The predicted molar refractivity (Wildman–Crippen MR) is 71.3 cm³/mol. The van der Waals surface area contributed by atoms with Gasteiger partial charge in [-0.15, -0.1) is 11.3 Å². The van der Waals surface area contributed by atoms with Crippen molar-refractivity contribution >= 4 is 27.0 Å². The zero-order valence-corrected chi connectivity index (χ0v) is 11.8. The van der Waals surface area contributed by atoms with E-state index in [1.54, 1.807) is 6.07 Å². The van der Waals surface area contributed by atoms with E-state index in [9.17, 15) is 21.6 Å². The highest BCUT2D eigenvalue weighted by Crippen LogP contribution is 2.35. The van der Waals surface area contributed by atoms with Gasteiger partial charge in [-0.05, 0) is 24.3 Å². The molecule has 0 bridgehead atoms. The molecule has 0 aliphatic heterocycles. The van der Waals surface area contributed by atoms with E-state index in [1.807, 2.05) is 4.72 Å². The topological polar surface area (TPSA) is 70.0 Å². The highest BCUT2D eigenvalue weighted by atomic mass is 32.2. The van der Waals surface area contributed by atoms with Crippen LogP contribution in [0.5, 0.6) is 0 Å². The van der Waals surface area contributed by atoms with Gasteiger partial charge in [-0.25, -0.2) is 8.42 Å². The van der Waals surface area contributed by atoms with Crippen LogP contribution in [0.2, 0.25) is 0 Å². The Morgan fingerprint density at radius 2 is 1.81 bits per heavy atom. The van der Waals surface area contributed by atoms with Gasteiger partial charge in [-0.3, -0.25) is 4.72 Å². The number of halogens is 3. The van der Waals surface area contributed by atoms with E-state index in [0.717, 1.165) is 12.1 Å². The average Bonchev–Trinajstić information content (AvgIpc) is 2.87. The van der Waals surface area contributed by atoms with Crippen LogP contribution in [-0.4, -0.2) is 8.42 Å². The fourth-order valence-corrected chi connectivity index (χ4v) is 3.72. The van der Waals surface area contributed by atoms with E-state index in [-0.39, 0.29) is 9.09 Å². The van der Waals surface area contributed by atoms with E-state index in [2.05, 4.69) is 0 Å². The standard InChI is InChI=1S/C12H7F3N2O2S2/c13-12(14,15)9-3-1-2-4-10(9)17-21(18,19)11-6-5-8(7-16)20-11/h1-6,17H. The molecule has 0 saturated carbocycles. The molecule has 2 aromatic rings. The van der Waals surface area contributed by atoms with Gasteiger partial charge in [-0.1, -0.05) is 12.1 Å². The van der Waals surface area contributed by atoms with Crippen LogP contribution in [0.1, 0.15) is 10.4 Å². The largest absolute Gasteiger partial charge is 0.418 e. The van der Waals surface area contributed by atoms with E-state index in [1.165, 1.54) is 24.3 Å². The number of para-hydroxylation sites is 1. The molecule has 0 unspecified atom stereocenters. The average molecular weight is 332 g/mol. The third-order valence-electron chi connectivity index (χ3n) is 2.43. The van der Waals surface area contributed by atoms with E-state index >= 15 is 0 Å². The molecule has 1 aromatic carbocycles. The molecule has 1 heterocycles. The number of hydrogen-bond acceptors (Lipinski definition) is 4. The Kier molecular flexibility index (Phi) is 3.93. The zero-order chi connectivity index (χ0) is 15.7. The number of nitriles is 1. The summed E-state index contributed by atoms with van der Waals surface area (Å²) in [6.07, 6.45) is -4.67. The number of nitrogens with zero attached hydrogens (tertiary/aromatic N) is 1. The quantitative estimate of drug-likeness (QED) is 0.936. The van der Waals surface area contributed by atoms with Gasteiger partial charge < -0.3 is 0 Å². The van der Waals surface area contributed by atoms with Crippen molar-refractivity contribution in [3.8, 4) is 6.07 Å². The molecule has 4 nitrogen and oxygen atoms in total. The second kappa shape index (κ2) is 5.38. The lowest BCUT2D eigenvalue weighted by molar-refractivity contribution is -0.136. The Balaban J connectivity index is 2.40. The smallest absolute Gasteiger partial charge is 0.278 e. The van der Waals surface area contributed by atoms with Crippen LogP contribution in [0.4, 0.5) is 18.9 Å². The normalized spacial score (nSPS) is 11.9. The van der Waals surface area contributed by atoms with Gasteiger partial charge in [0.2, 0.25) is 0 Å². The number of sulfonamides is 1. The number of anilines is 1. The van der Waals surface area contributed by atoms with Crippen LogP contribution >= 0.6 is 11.3 Å². The number of nitrogens with one attached hydrogen (secondary N) is 1. The molecule has 0 fully saturated rings. The predicted octanol–water partition coefficient (Wildman–Crippen LogP) is 3.44. The van der Waals surface area contributed by atoms with Gasteiger partial charge in [0.05, 0.1) is 11.3 Å². The first-order valence-corrected chi connectivity index (χ1v) is 7.73. The number of benzene rings is 1. The minimum Gasteiger partial charge on any atom is -0.278 e. The van der Waals surface area contributed by atoms with Gasteiger partial charge >= 0.3 is 6.18 Å². The number of hydrogen-bond donors (Lipinski definition) is 1. The van der Waals surface area contributed by atoms with Crippen molar-refractivity contribution in [1.29, 1.82) is 5.26 Å². The summed E-state index contributed by atoms with van der Waals surface area (Å²) in [5.41, 5.74) is -1.64. The van der Waals surface area contributed by atoms with Crippen molar-refractivity contribution in [3.63, 3.8) is 0 Å². The van der Waals surface area contributed by atoms with Gasteiger partial charge in [0.1, 0.15) is 15.2 Å². The lowest BCUT2D eigenvalue weighted by atomic mass is 10.2. The van der Waals surface area contributed by atoms with Crippen LogP contribution in [0.15, 0.2) is 40.6 Å². The Morgan fingerprint density at radius 1 is 1.14 bits per heavy atom. The Hall–Kier alpha value is -2.05. The molecule has 1 aromatic heterocycles. The molecule has 0 aliphatic carbocycles. The van der Waals surface area contributed by atoms with Crippen molar-refractivity contribution in [2.24, 2.45) is 0 Å². The van der Waals surface area contributed by atoms with Gasteiger partial charge in [0, 0.05) is 0 Å². The maximum absolute atomic E-state index is 12.8. The molecular formula is C12H7F3N2O2S2. The van der Waals surface area contributed by atoms with Crippen LogP contribution in [-0.2, 0) is 16.2 Å². The molecule has 0 aliphatic rings. The van der Waals surface area contributed by atoms with Crippen molar-refractivity contribution in [3.05, 3.63) is 46.8 Å². The van der Waals surface area contributed by atoms with Crippen LogP contribution in [0, 0.1) is 11.3 Å². The van der Waals surface area contributed by atoms with Gasteiger partial charge in [-0.2, -0.15) is 18.4 Å². The molecule has 2 rings (SSSR count). The summed E-state index contributed by atoms with van der Waals surface area (Å²) in [7, 11) is -4.17. The fraction of sp³-hybridized carbons (Fsp3) is 0.0833. The maximum atomic E-state index is 12.8. The number of alkyl halides is 3. The lowest BCUT2D eigenvalue weighted by Crippen LogP contribution is -2.16. The second-order valence-electron chi connectivity index (χ2n) is 3.88. The third-order valence-corrected chi connectivity index (χ3v) is 5.28. The first-order valence-electron chi connectivity index (χ1n) is 5.43. The fourth-order valence-electron chi connectivity index (χ4n) is 1.54. The zero-order valence-electron chi connectivity index (χ0n) is 10.2. The lowest BCUT2D eigenvalue weighted by Gasteiger charge is -2.13. The first-order chi connectivity index (χ1) is 9.74. The molecule has 0 spiro atoms. The minimum absolute atomic E-state index is 0.152. The monoisotopic (exact) mass is 332 g/mol. The minimum atomic E-state index is -4.67. The van der Waals surface area contributed by atoms with Crippen molar-refractivity contribution in [1.82, 2.24) is 0 Å². The van der Waals surface area contributed by atoms with E-state index in [4.69, 9.17) is 5.26 Å². The number of thiophene rings is 1. The Labute approximate surface area is 122 Å². The van der Waals surface area contributed by atoms with Gasteiger partial charge in [0.25, 0.3) is 10.0 Å². The summed E-state index contributed by atoms with van der Waals surface area (Å²) in [6.45, 7) is 0. The molecular weight excluding hydrogens is 325 g/mol. The molecule has 9 heteroatoms. The summed E-state index contributed by atoms with van der Waals surface area (Å²) in [6, 6.07) is 8.49. The molecule has 0 atom stereocenters. The molecule has 0 saturated heterocycles. The molecule has 0 radical (unpaired) electrons. The molecule has 110 valence electrons. The van der Waals surface area contributed by atoms with Crippen molar-refractivity contribution in [2.45, 2.75) is 10.4 Å². The molecule has 0 amide bonds. The summed E-state index contributed by atoms with van der Waals surface area (Å²) < 4.78 is 64.2. The van der Waals surface area contributed by atoms with Crippen LogP contribution < -0.4 is 4.72 Å². The van der Waals surface area contributed by atoms with Gasteiger partial charge in [0.15, 0.2) is 0 Å². The van der Waals surface area contributed by atoms with Crippen LogP contribution in [0.25, 0.3) is 0 Å². The summed E-state index contributed by atoms with van der Waals surface area (Å²) >= 11 is 0.680. The summed E-state index contributed by atoms with van der Waals surface area (Å²) in [4.78, 5) is 0.152. The molecule has 21 heavy (non-hydrogen) atoms. The SMILES string of the molecule is N#Cc1ccc(S(=O)(=O)Nc2ccccc2C(F)(F)F)s1. The van der Waals surface area contributed by atoms with Crippen LogP contribution in [0.3, 0.4) is 0 Å².